The van der Waals surface area contributed by atoms with E-state index in [-0.39, 0.29) is 49.3 Å². The summed E-state index contributed by atoms with van der Waals surface area (Å²) < 4.78 is 86.1. The van der Waals surface area contributed by atoms with Gasteiger partial charge in [-0.05, 0) is 25.0 Å². The van der Waals surface area contributed by atoms with Crippen molar-refractivity contribution in [1.29, 1.82) is 0 Å². The third kappa shape index (κ3) is 6.39. The molecule has 1 N–H and O–H groups in total. The second-order valence-corrected chi connectivity index (χ2v) is 10.7. The van der Waals surface area contributed by atoms with E-state index in [9.17, 15) is 30.8 Å². The van der Waals surface area contributed by atoms with Gasteiger partial charge in [-0.2, -0.15) is 17.9 Å². The average molecular weight is 534 g/mol. The van der Waals surface area contributed by atoms with Crippen molar-refractivity contribution in [2.75, 3.05) is 42.1 Å². The lowest BCUT2D eigenvalue weighted by molar-refractivity contribution is -0.137. The fourth-order valence-electron chi connectivity index (χ4n) is 4.35. The van der Waals surface area contributed by atoms with Gasteiger partial charge in [0.1, 0.15) is 18.0 Å². The molecule has 14 heteroatoms. The fraction of sp³-hybridized carbons (Fsp3) is 0.545. The highest BCUT2D eigenvalue weighted by Crippen LogP contribution is 2.40. The lowest BCUT2D eigenvalue weighted by atomic mass is 10.0. The van der Waals surface area contributed by atoms with Crippen LogP contribution in [0.3, 0.4) is 0 Å². The summed E-state index contributed by atoms with van der Waals surface area (Å²) in [5.41, 5.74) is -0.798. The van der Waals surface area contributed by atoms with Gasteiger partial charge in [-0.25, -0.2) is 17.6 Å². The first kappa shape index (κ1) is 26.0. The third-order valence-electron chi connectivity index (χ3n) is 6.13. The van der Waals surface area contributed by atoms with Crippen LogP contribution in [0, 0.1) is 0 Å². The van der Waals surface area contributed by atoms with Gasteiger partial charge in [0.2, 0.25) is 10.0 Å². The van der Waals surface area contributed by atoms with Crippen molar-refractivity contribution in [3.63, 3.8) is 0 Å². The second-order valence-electron chi connectivity index (χ2n) is 8.95. The summed E-state index contributed by atoms with van der Waals surface area (Å²) in [4.78, 5) is 15.8. The highest BCUT2D eigenvalue weighted by atomic mass is 32.2. The van der Waals surface area contributed by atoms with E-state index < -0.39 is 34.0 Å². The number of piperidine rings is 2. The molecule has 0 atom stereocenters. The fourth-order valence-corrected chi connectivity index (χ4v) is 4.84. The van der Waals surface area contributed by atoms with Gasteiger partial charge in [0.15, 0.2) is 5.82 Å². The van der Waals surface area contributed by atoms with Gasteiger partial charge in [0.25, 0.3) is 0 Å². The zero-order chi connectivity index (χ0) is 26.1. The Morgan fingerprint density at radius 1 is 1.08 bits per heavy atom. The number of nitrogens with one attached hydrogen (secondary N) is 1. The minimum Gasteiger partial charge on any atom is -0.490 e. The van der Waals surface area contributed by atoms with Crippen LogP contribution in [0.5, 0.6) is 5.75 Å². The number of aromatic nitrogens is 2. The maximum absolute atomic E-state index is 13.6. The molecule has 0 radical (unpaired) electrons. The molecular weight excluding hydrogens is 506 g/mol. The Kier molecular flexibility index (Phi) is 7.34. The molecule has 0 saturated carbocycles. The van der Waals surface area contributed by atoms with Crippen LogP contribution in [0.15, 0.2) is 30.5 Å². The zero-order valence-electron chi connectivity index (χ0n) is 19.5. The number of hydrogen-bond acceptors (Lipinski definition) is 6. The van der Waals surface area contributed by atoms with Crippen LogP contribution in [0.25, 0.3) is 0 Å². The molecule has 2 aromatic rings. The maximum atomic E-state index is 13.6. The lowest BCUT2D eigenvalue weighted by Crippen LogP contribution is -2.43. The van der Waals surface area contributed by atoms with Gasteiger partial charge < -0.3 is 14.5 Å². The number of carbonyl (C=O) groups excluding carboxylic acids is 1. The van der Waals surface area contributed by atoms with E-state index in [1.807, 2.05) is 0 Å². The molecule has 3 heterocycles. The first-order chi connectivity index (χ1) is 16.9. The number of halogens is 4. The van der Waals surface area contributed by atoms with Crippen LogP contribution in [0.1, 0.15) is 31.2 Å². The van der Waals surface area contributed by atoms with E-state index in [1.54, 1.807) is 4.90 Å². The van der Waals surface area contributed by atoms with E-state index in [0.29, 0.717) is 25.9 Å². The number of sulfonamides is 1. The molecule has 1 aromatic carbocycles. The standard InChI is InChI=1S/C22H27F4N5O4S/c1-36(33,34)28-20-8-13-31(27-20)21(32)30-11-6-16(7-12-30)35-17-2-3-18(22(24,25)26)19(14-17)29-9-4-15(23)5-10-29/h2-3,8,13-16H,4-7,9-12H2,1H3,(H,27,28). The molecule has 198 valence electrons. The predicted molar refractivity (Wildman–Crippen MR) is 124 cm³/mol. The monoisotopic (exact) mass is 533 g/mol. The number of amides is 1. The summed E-state index contributed by atoms with van der Waals surface area (Å²) >= 11 is 0. The van der Waals surface area contributed by atoms with Gasteiger partial charge in [-0.3, -0.25) is 4.72 Å². The highest BCUT2D eigenvalue weighted by Gasteiger charge is 2.36. The predicted octanol–water partition coefficient (Wildman–Crippen LogP) is 3.72. The average Bonchev–Trinajstić information content (AvgIpc) is 3.25. The summed E-state index contributed by atoms with van der Waals surface area (Å²) in [5, 5.41) is 3.93. The Morgan fingerprint density at radius 3 is 2.36 bits per heavy atom. The molecule has 0 aliphatic carbocycles. The summed E-state index contributed by atoms with van der Waals surface area (Å²) in [6.45, 7) is 1.05. The molecule has 1 amide bonds. The van der Waals surface area contributed by atoms with Crippen LogP contribution in [-0.2, 0) is 16.2 Å². The largest absolute Gasteiger partial charge is 0.490 e. The molecule has 4 rings (SSSR count). The number of hydrogen-bond donors (Lipinski definition) is 1. The summed E-state index contributed by atoms with van der Waals surface area (Å²) in [6.07, 6.45) is -2.28. The molecule has 0 bridgehead atoms. The van der Waals surface area contributed by atoms with Crippen molar-refractivity contribution in [3.8, 4) is 5.75 Å². The number of rotatable bonds is 5. The summed E-state index contributed by atoms with van der Waals surface area (Å²) in [6, 6.07) is 4.57. The van der Waals surface area contributed by atoms with E-state index in [4.69, 9.17) is 4.74 Å². The van der Waals surface area contributed by atoms with Crippen LogP contribution in [0.4, 0.5) is 33.9 Å². The van der Waals surface area contributed by atoms with Crippen molar-refractivity contribution in [3.05, 3.63) is 36.0 Å². The molecule has 2 fully saturated rings. The Balaban J connectivity index is 1.38. The van der Waals surface area contributed by atoms with Crippen molar-refractivity contribution in [2.24, 2.45) is 0 Å². The molecule has 2 saturated heterocycles. The Morgan fingerprint density at radius 2 is 1.75 bits per heavy atom. The van der Waals surface area contributed by atoms with Crippen molar-refractivity contribution in [1.82, 2.24) is 14.7 Å². The molecule has 36 heavy (non-hydrogen) atoms. The molecule has 0 unspecified atom stereocenters. The van der Waals surface area contributed by atoms with E-state index in [0.717, 1.165) is 17.0 Å². The Labute approximate surface area is 206 Å². The van der Waals surface area contributed by atoms with Gasteiger partial charge in [0, 0.05) is 57.4 Å². The van der Waals surface area contributed by atoms with Crippen molar-refractivity contribution in [2.45, 2.75) is 44.1 Å². The van der Waals surface area contributed by atoms with Crippen LogP contribution in [0.2, 0.25) is 0 Å². The summed E-state index contributed by atoms with van der Waals surface area (Å²) in [5.74, 6) is 0.312. The number of benzene rings is 1. The van der Waals surface area contributed by atoms with Crippen molar-refractivity contribution < 1.29 is 35.5 Å². The first-order valence-electron chi connectivity index (χ1n) is 11.5. The molecular formula is C22H27F4N5O4S. The van der Waals surface area contributed by atoms with Gasteiger partial charge in [0.05, 0.1) is 17.5 Å². The normalized spacial score (nSPS) is 18.4. The Hall–Kier alpha value is -3.03. The highest BCUT2D eigenvalue weighted by molar-refractivity contribution is 7.92. The molecule has 1 aromatic heterocycles. The number of alkyl halides is 4. The molecule has 2 aliphatic rings. The topological polar surface area (TPSA) is 96.8 Å². The maximum Gasteiger partial charge on any atom is 0.418 e. The first-order valence-corrected chi connectivity index (χ1v) is 13.4. The van der Waals surface area contributed by atoms with Gasteiger partial charge >= 0.3 is 12.2 Å². The quantitative estimate of drug-likeness (QED) is 0.589. The van der Waals surface area contributed by atoms with Crippen LogP contribution in [-0.4, -0.2) is 73.8 Å². The zero-order valence-corrected chi connectivity index (χ0v) is 20.4. The smallest absolute Gasteiger partial charge is 0.418 e. The number of nitrogens with zero attached hydrogens (tertiary/aromatic N) is 4. The number of ether oxygens (including phenoxy) is 1. The molecule has 2 aliphatic heterocycles. The van der Waals surface area contributed by atoms with Crippen LogP contribution < -0.4 is 14.4 Å². The molecule has 9 nitrogen and oxygen atoms in total. The van der Waals surface area contributed by atoms with E-state index >= 15 is 0 Å². The minimum atomic E-state index is -4.55. The number of anilines is 2. The Bertz CT molecular complexity index is 1190. The third-order valence-corrected chi connectivity index (χ3v) is 6.71. The number of likely N-dealkylation sites (tertiary alicyclic amines) is 1. The van der Waals surface area contributed by atoms with Gasteiger partial charge in [-0.1, -0.05) is 0 Å². The number of carbonyl (C=O) groups is 1. The minimum absolute atomic E-state index is 0.0169. The van der Waals surface area contributed by atoms with Gasteiger partial charge in [-0.15, -0.1) is 5.10 Å². The lowest BCUT2D eigenvalue weighted by Gasteiger charge is -2.34. The SMILES string of the molecule is CS(=O)(=O)Nc1ccn(C(=O)N2CCC(Oc3ccc(C(F)(F)F)c(N4CCC(F)CC4)c3)CC2)n1. The summed E-state index contributed by atoms with van der Waals surface area (Å²) in [7, 11) is -3.52. The second kappa shape index (κ2) is 10.1. The van der Waals surface area contributed by atoms with E-state index in [2.05, 4.69) is 9.82 Å². The van der Waals surface area contributed by atoms with Crippen molar-refractivity contribution >= 4 is 27.6 Å². The molecule has 0 spiro atoms. The van der Waals surface area contributed by atoms with Crippen LogP contribution >= 0.6 is 0 Å². The van der Waals surface area contributed by atoms with E-state index in [1.165, 1.54) is 29.3 Å².